The molecule has 1 saturated carbocycles. The zero-order chi connectivity index (χ0) is 14.9. The highest BCUT2D eigenvalue weighted by atomic mass is 32.2. The van der Waals surface area contributed by atoms with Crippen molar-refractivity contribution in [3.8, 4) is 0 Å². The maximum Gasteiger partial charge on any atom is 0.244 e. The molecule has 1 aliphatic carbocycles. The number of hydrogen-bond acceptors (Lipinski definition) is 3. The van der Waals surface area contributed by atoms with Gasteiger partial charge in [0.2, 0.25) is 5.91 Å². The van der Waals surface area contributed by atoms with E-state index in [0.29, 0.717) is 5.91 Å². The first-order valence-electron chi connectivity index (χ1n) is 7.93. The van der Waals surface area contributed by atoms with E-state index in [2.05, 4.69) is 47.7 Å². The molecule has 114 valence electrons. The first-order chi connectivity index (χ1) is 10.2. The van der Waals surface area contributed by atoms with Crippen LogP contribution < -0.4 is 5.32 Å². The Kier molecular flexibility index (Phi) is 4.27. The van der Waals surface area contributed by atoms with Gasteiger partial charge in [-0.05, 0) is 43.2 Å². The molecular weight excluding hydrogens is 280 g/mol. The Balaban J connectivity index is 1.78. The third kappa shape index (κ3) is 2.84. The van der Waals surface area contributed by atoms with Crippen LogP contribution >= 0.6 is 11.8 Å². The van der Waals surface area contributed by atoms with Crippen LogP contribution in [0.2, 0.25) is 0 Å². The number of nitrogens with zero attached hydrogens (tertiary/aromatic N) is 1. The zero-order valence-corrected chi connectivity index (χ0v) is 13.7. The number of rotatable bonds is 6. The molecule has 1 heterocycles. The van der Waals surface area contributed by atoms with Gasteiger partial charge in [-0.15, -0.1) is 11.8 Å². The lowest BCUT2D eigenvalue weighted by Gasteiger charge is -2.24. The number of unbranched alkanes of at least 4 members (excludes halogenated alkanes) is 2. The van der Waals surface area contributed by atoms with Gasteiger partial charge in [-0.2, -0.15) is 0 Å². The Morgan fingerprint density at radius 2 is 2.00 bits per heavy atom. The molecule has 2 fully saturated rings. The van der Waals surface area contributed by atoms with E-state index in [0.717, 1.165) is 25.8 Å². The molecule has 0 aromatic heterocycles. The fourth-order valence-electron chi connectivity index (χ4n) is 3.09. The predicted octanol–water partition coefficient (Wildman–Crippen LogP) is 3.56. The third-order valence-electron chi connectivity index (χ3n) is 4.58. The highest BCUT2D eigenvalue weighted by Crippen LogP contribution is 2.46. The highest BCUT2D eigenvalue weighted by molar-refractivity contribution is 7.98. The van der Waals surface area contributed by atoms with Crippen LogP contribution in [0.25, 0.3) is 0 Å². The van der Waals surface area contributed by atoms with Crippen LogP contribution in [-0.4, -0.2) is 29.1 Å². The predicted molar refractivity (Wildman–Crippen MR) is 87.3 cm³/mol. The lowest BCUT2D eigenvalue weighted by Crippen LogP contribution is -2.33. The first-order valence-corrected chi connectivity index (χ1v) is 9.15. The second-order valence-electron chi connectivity index (χ2n) is 6.11. The molecule has 0 radical (unpaired) electrons. The van der Waals surface area contributed by atoms with Gasteiger partial charge >= 0.3 is 0 Å². The van der Waals surface area contributed by atoms with Crippen LogP contribution in [0.3, 0.4) is 0 Å². The standard InChI is InChI=1S/C17H24N2OS/c1-3-4-5-12-19-15(18-17(10-11-17)16(19)20)13-6-8-14(21-2)9-7-13/h6-9,15,18H,3-5,10-12H2,1-2H3. The topological polar surface area (TPSA) is 32.3 Å². The quantitative estimate of drug-likeness (QED) is 0.644. The van der Waals surface area contributed by atoms with E-state index in [1.54, 1.807) is 11.8 Å². The average Bonchev–Trinajstić information content (AvgIpc) is 3.25. The maximum atomic E-state index is 12.6. The van der Waals surface area contributed by atoms with E-state index in [-0.39, 0.29) is 11.7 Å². The molecule has 21 heavy (non-hydrogen) atoms. The largest absolute Gasteiger partial charge is 0.321 e. The molecule has 1 atom stereocenters. The van der Waals surface area contributed by atoms with Crippen molar-refractivity contribution < 1.29 is 4.79 Å². The van der Waals surface area contributed by atoms with Gasteiger partial charge < -0.3 is 4.90 Å². The second kappa shape index (κ2) is 6.01. The number of carbonyl (C=O) groups excluding carboxylic acids is 1. The SMILES string of the molecule is CCCCCN1C(=O)C2(CC2)NC1c1ccc(SC)cc1. The molecule has 1 aromatic carbocycles. The first kappa shape index (κ1) is 14.9. The van der Waals surface area contributed by atoms with E-state index in [9.17, 15) is 4.79 Å². The van der Waals surface area contributed by atoms with Crippen LogP contribution in [-0.2, 0) is 4.79 Å². The van der Waals surface area contributed by atoms with E-state index in [1.165, 1.54) is 23.3 Å². The van der Waals surface area contributed by atoms with Crippen LogP contribution in [0.5, 0.6) is 0 Å². The van der Waals surface area contributed by atoms with Crippen molar-refractivity contribution in [2.45, 2.75) is 55.6 Å². The van der Waals surface area contributed by atoms with Crippen molar-refractivity contribution in [2.75, 3.05) is 12.8 Å². The summed E-state index contributed by atoms with van der Waals surface area (Å²) in [6.45, 7) is 3.07. The zero-order valence-electron chi connectivity index (χ0n) is 12.9. The Hall–Kier alpha value is -1.00. The van der Waals surface area contributed by atoms with E-state index >= 15 is 0 Å². The lowest BCUT2D eigenvalue weighted by molar-refractivity contribution is -0.130. The molecule has 4 heteroatoms. The molecule has 3 rings (SSSR count). The molecule has 1 saturated heterocycles. The second-order valence-corrected chi connectivity index (χ2v) is 6.99. The van der Waals surface area contributed by atoms with Crippen molar-refractivity contribution >= 4 is 17.7 Å². The van der Waals surface area contributed by atoms with Gasteiger partial charge in [-0.3, -0.25) is 10.1 Å². The summed E-state index contributed by atoms with van der Waals surface area (Å²) in [6.07, 6.45) is 7.61. The number of carbonyl (C=O) groups is 1. The molecule has 1 aromatic rings. The minimum atomic E-state index is -0.227. The normalized spacial score (nSPS) is 23.0. The Morgan fingerprint density at radius 1 is 1.29 bits per heavy atom. The number of nitrogens with one attached hydrogen (secondary N) is 1. The van der Waals surface area contributed by atoms with Gasteiger partial charge in [0.1, 0.15) is 11.7 Å². The van der Waals surface area contributed by atoms with Gasteiger partial charge in [-0.25, -0.2) is 0 Å². The molecule has 1 unspecified atom stereocenters. The minimum Gasteiger partial charge on any atom is -0.321 e. The smallest absolute Gasteiger partial charge is 0.244 e. The van der Waals surface area contributed by atoms with Crippen molar-refractivity contribution in [1.82, 2.24) is 10.2 Å². The van der Waals surface area contributed by atoms with Gasteiger partial charge in [0.15, 0.2) is 0 Å². The number of amides is 1. The number of benzene rings is 1. The Morgan fingerprint density at radius 3 is 2.57 bits per heavy atom. The Labute approximate surface area is 131 Å². The molecular formula is C17H24N2OS. The molecule has 3 nitrogen and oxygen atoms in total. The van der Waals surface area contributed by atoms with Gasteiger partial charge in [0.05, 0.1) is 0 Å². The van der Waals surface area contributed by atoms with Gasteiger partial charge in [0, 0.05) is 11.4 Å². The minimum absolute atomic E-state index is 0.0627. The summed E-state index contributed by atoms with van der Waals surface area (Å²) in [4.78, 5) is 16.0. The number of hydrogen-bond donors (Lipinski definition) is 1. The molecule has 1 N–H and O–H groups in total. The maximum absolute atomic E-state index is 12.6. The summed E-state index contributed by atoms with van der Waals surface area (Å²) in [6, 6.07) is 8.61. The molecule has 2 aliphatic rings. The Bertz CT molecular complexity index is 510. The van der Waals surface area contributed by atoms with E-state index < -0.39 is 0 Å². The van der Waals surface area contributed by atoms with E-state index in [4.69, 9.17) is 0 Å². The van der Waals surface area contributed by atoms with Crippen molar-refractivity contribution in [1.29, 1.82) is 0 Å². The van der Waals surface area contributed by atoms with Gasteiger partial charge in [0.25, 0.3) is 0 Å². The van der Waals surface area contributed by atoms with Crippen LogP contribution in [0.1, 0.15) is 50.8 Å². The molecule has 1 amide bonds. The summed E-state index contributed by atoms with van der Waals surface area (Å²) in [7, 11) is 0. The average molecular weight is 304 g/mol. The number of thioether (sulfide) groups is 1. The van der Waals surface area contributed by atoms with Crippen LogP contribution in [0, 0.1) is 0 Å². The highest BCUT2D eigenvalue weighted by Gasteiger charge is 2.59. The fraction of sp³-hybridized carbons (Fsp3) is 0.588. The van der Waals surface area contributed by atoms with Crippen molar-refractivity contribution in [2.24, 2.45) is 0 Å². The summed E-state index contributed by atoms with van der Waals surface area (Å²) >= 11 is 1.75. The molecule has 0 bridgehead atoms. The molecule has 1 spiro atoms. The summed E-state index contributed by atoms with van der Waals surface area (Å²) in [5, 5.41) is 3.59. The summed E-state index contributed by atoms with van der Waals surface area (Å²) in [5.74, 6) is 0.317. The van der Waals surface area contributed by atoms with Crippen LogP contribution in [0.15, 0.2) is 29.2 Å². The van der Waals surface area contributed by atoms with Crippen LogP contribution in [0.4, 0.5) is 0 Å². The monoisotopic (exact) mass is 304 g/mol. The summed E-state index contributed by atoms with van der Waals surface area (Å²) in [5.41, 5.74) is 0.983. The van der Waals surface area contributed by atoms with Gasteiger partial charge in [-0.1, -0.05) is 31.9 Å². The lowest BCUT2D eigenvalue weighted by atomic mass is 10.1. The third-order valence-corrected chi connectivity index (χ3v) is 5.32. The fourth-order valence-corrected chi connectivity index (χ4v) is 3.50. The van der Waals surface area contributed by atoms with Crippen molar-refractivity contribution in [3.63, 3.8) is 0 Å². The summed E-state index contributed by atoms with van der Waals surface area (Å²) < 4.78 is 0. The van der Waals surface area contributed by atoms with E-state index in [1.807, 2.05) is 0 Å². The molecule has 1 aliphatic heterocycles. The van der Waals surface area contributed by atoms with Crippen molar-refractivity contribution in [3.05, 3.63) is 29.8 Å².